The third kappa shape index (κ3) is 5.56. The normalized spacial score (nSPS) is 21.6. The number of carbonyl (C=O) groups excluding carboxylic acids is 1. The number of hydrogen-bond acceptors (Lipinski definition) is 4. The Balaban J connectivity index is 0.00000200. The number of amides is 1. The van der Waals surface area contributed by atoms with Crippen LogP contribution in [0.4, 0.5) is 0 Å². The second-order valence-corrected chi connectivity index (χ2v) is 5.52. The summed E-state index contributed by atoms with van der Waals surface area (Å²) < 4.78 is 5.28. The Labute approximate surface area is 128 Å². The number of hydrogen-bond donors (Lipinski definition) is 1. The van der Waals surface area contributed by atoms with Gasteiger partial charge in [0, 0.05) is 13.1 Å². The Morgan fingerprint density at radius 3 is 2.45 bits per heavy atom. The van der Waals surface area contributed by atoms with E-state index in [4.69, 9.17) is 4.74 Å². The molecule has 2 aliphatic heterocycles. The molecule has 0 aliphatic carbocycles. The highest BCUT2D eigenvalue weighted by molar-refractivity contribution is 5.85. The van der Waals surface area contributed by atoms with Crippen molar-refractivity contribution in [3.05, 3.63) is 0 Å². The van der Waals surface area contributed by atoms with Gasteiger partial charge in [-0.1, -0.05) is 6.92 Å². The van der Waals surface area contributed by atoms with Crippen molar-refractivity contribution in [3.63, 3.8) is 0 Å². The van der Waals surface area contributed by atoms with E-state index in [9.17, 15) is 4.79 Å². The van der Waals surface area contributed by atoms with Crippen LogP contribution in [0.25, 0.3) is 0 Å². The summed E-state index contributed by atoms with van der Waals surface area (Å²) in [5.74, 6) is 1.06. The van der Waals surface area contributed by atoms with Crippen LogP contribution >= 0.6 is 12.4 Å². The molecule has 6 heteroatoms. The largest absolute Gasteiger partial charge is 0.378 e. The number of rotatable bonds is 5. The summed E-state index contributed by atoms with van der Waals surface area (Å²) >= 11 is 0. The van der Waals surface area contributed by atoms with Gasteiger partial charge in [0.05, 0.1) is 19.8 Å². The smallest absolute Gasteiger partial charge is 0.236 e. The quantitative estimate of drug-likeness (QED) is 0.807. The number of likely N-dealkylation sites (tertiary alicyclic amines) is 1. The zero-order valence-corrected chi connectivity index (χ0v) is 13.3. The zero-order chi connectivity index (χ0) is 13.5. The van der Waals surface area contributed by atoms with Gasteiger partial charge < -0.3 is 15.0 Å². The lowest BCUT2D eigenvalue weighted by Gasteiger charge is -2.34. The Kier molecular flexibility index (Phi) is 8.45. The van der Waals surface area contributed by atoms with E-state index in [1.807, 2.05) is 4.90 Å². The first-order valence-corrected chi connectivity index (χ1v) is 7.58. The van der Waals surface area contributed by atoms with E-state index in [0.29, 0.717) is 19.8 Å². The molecule has 1 amide bonds. The Bertz CT molecular complexity index is 278. The summed E-state index contributed by atoms with van der Waals surface area (Å²) in [6.07, 6.45) is 2.42. The topological polar surface area (TPSA) is 44.8 Å². The average Bonchev–Trinajstić information content (AvgIpc) is 2.47. The molecular formula is C14H28ClN3O2. The van der Waals surface area contributed by atoms with Crippen LogP contribution in [0, 0.1) is 5.92 Å². The summed E-state index contributed by atoms with van der Waals surface area (Å²) in [5, 5.41) is 3.42. The van der Waals surface area contributed by atoms with Crippen molar-refractivity contribution in [1.82, 2.24) is 15.1 Å². The molecule has 0 unspecified atom stereocenters. The molecule has 5 nitrogen and oxygen atoms in total. The minimum Gasteiger partial charge on any atom is -0.378 e. The SMILES string of the molecule is CCNCC1CCN(CC(=O)N2CCOCC2)CC1.Cl. The first-order chi connectivity index (χ1) is 9.29. The van der Waals surface area contributed by atoms with E-state index < -0.39 is 0 Å². The maximum absolute atomic E-state index is 12.1. The minimum atomic E-state index is 0. The summed E-state index contributed by atoms with van der Waals surface area (Å²) in [4.78, 5) is 16.4. The van der Waals surface area contributed by atoms with E-state index in [1.54, 1.807) is 0 Å². The van der Waals surface area contributed by atoms with Crippen LogP contribution in [0.1, 0.15) is 19.8 Å². The van der Waals surface area contributed by atoms with Gasteiger partial charge >= 0.3 is 0 Å². The number of carbonyl (C=O) groups is 1. The van der Waals surface area contributed by atoms with Gasteiger partial charge in [-0.15, -0.1) is 12.4 Å². The fourth-order valence-electron chi connectivity index (χ4n) is 2.80. The molecule has 0 atom stereocenters. The maximum Gasteiger partial charge on any atom is 0.236 e. The minimum absolute atomic E-state index is 0. The molecule has 2 saturated heterocycles. The maximum atomic E-state index is 12.1. The zero-order valence-electron chi connectivity index (χ0n) is 12.5. The summed E-state index contributed by atoms with van der Waals surface area (Å²) in [6.45, 7) is 9.94. The first kappa shape index (κ1) is 17.7. The fraction of sp³-hybridized carbons (Fsp3) is 0.929. The molecule has 0 spiro atoms. The van der Waals surface area contributed by atoms with Crippen molar-refractivity contribution < 1.29 is 9.53 Å². The molecule has 0 aromatic carbocycles. The molecule has 0 aromatic rings. The lowest BCUT2D eigenvalue weighted by molar-refractivity contribution is -0.136. The number of halogens is 1. The second-order valence-electron chi connectivity index (χ2n) is 5.52. The van der Waals surface area contributed by atoms with Gasteiger partial charge in [0.2, 0.25) is 5.91 Å². The first-order valence-electron chi connectivity index (χ1n) is 7.58. The van der Waals surface area contributed by atoms with Crippen LogP contribution in [-0.2, 0) is 9.53 Å². The van der Waals surface area contributed by atoms with Gasteiger partial charge in [0.15, 0.2) is 0 Å². The lowest BCUT2D eigenvalue weighted by atomic mass is 9.97. The van der Waals surface area contributed by atoms with Crippen LogP contribution in [0.15, 0.2) is 0 Å². The van der Waals surface area contributed by atoms with Gasteiger partial charge in [0.1, 0.15) is 0 Å². The lowest BCUT2D eigenvalue weighted by Crippen LogP contribution is -2.47. The number of nitrogens with zero attached hydrogens (tertiary/aromatic N) is 2. The van der Waals surface area contributed by atoms with Gasteiger partial charge in [-0.25, -0.2) is 0 Å². The average molecular weight is 306 g/mol. The standard InChI is InChI=1S/C14H27N3O2.ClH/c1-2-15-11-13-3-5-16(6-4-13)12-14(18)17-7-9-19-10-8-17;/h13,15H,2-12H2,1H3;1H. The van der Waals surface area contributed by atoms with E-state index in [-0.39, 0.29) is 18.3 Å². The highest BCUT2D eigenvalue weighted by atomic mass is 35.5. The van der Waals surface area contributed by atoms with Crippen LogP contribution in [0.2, 0.25) is 0 Å². The molecule has 0 saturated carbocycles. The molecule has 0 aromatic heterocycles. The van der Waals surface area contributed by atoms with Gasteiger partial charge in [-0.2, -0.15) is 0 Å². The highest BCUT2D eigenvalue weighted by Crippen LogP contribution is 2.16. The summed E-state index contributed by atoms with van der Waals surface area (Å²) in [7, 11) is 0. The van der Waals surface area contributed by atoms with Crippen LogP contribution in [0.3, 0.4) is 0 Å². The number of ether oxygens (including phenoxy) is 1. The Morgan fingerprint density at radius 2 is 1.85 bits per heavy atom. The van der Waals surface area contributed by atoms with E-state index in [1.165, 1.54) is 12.8 Å². The van der Waals surface area contributed by atoms with Crippen molar-refractivity contribution in [2.24, 2.45) is 5.92 Å². The highest BCUT2D eigenvalue weighted by Gasteiger charge is 2.23. The van der Waals surface area contributed by atoms with E-state index in [2.05, 4.69) is 17.1 Å². The van der Waals surface area contributed by atoms with Gasteiger partial charge in [-0.3, -0.25) is 9.69 Å². The van der Waals surface area contributed by atoms with Crippen LogP contribution < -0.4 is 5.32 Å². The summed E-state index contributed by atoms with van der Waals surface area (Å²) in [5.41, 5.74) is 0. The number of nitrogens with one attached hydrogen (secondary N) is 1. The monoisotopic (exact) mass is 305 g/mol. The second kappa shape index (κ2) is 9.55. The molecule has 2 aliphatic rings. The molecular weight excluding hydrogens is 278 g/mol. The number of morpholine rings is 1. The Morgan fingerprint density at radius 1 is 1.20 bits per heavy atom. The molecule has 2 rings (SSSR count). The molecule has 118 valence electrons. The number of piperidine rings is 1. The van der Waals surface area contributed by atoms with Crippen molar-refractivity contribution in [1.29, 1.82) is 0 Å². The van der Waals surface area contributed by atoms with Crippen molar-refractivity contribution >= 4 is 18.3 Å². The predicted octanol–water partition coefficient (Wildman–Crippen LogP) is 0.589. The van der Waals surface area contributed by atoms with Crippen LogP contribution in [-0.4, -0.2) is 74.7 Å². The molecule has 2 heterocycles. The van der Waals surface area contributed by atoms with Crippen molar-refractivity contribution in [2.75, 3.05) is 59.0 Å². The fourth-order valence-corrected chi connectivity index (χ4v) is 2.80. The van der Waals surface area contributed by atoms with Crippen molar-refractivity contribution in [2.45, 2.75) is 19.8 Å². The molecule has 2 fully saturated rings. The molecule has 1 N–H and O–H groups in total. The van der Waals surface area contributed by atoms with Crippen molar-refractivity contribution in [3.8, 4) is 0 Å². The summed E-state index contributed by atoms with van der Waals surface area (Å²) in [6, 6.07) is 0. The molecule has 0 bridgehead atoms. The van der Waals surface area contributed by atoms with E-state index in [0.717, 1.165) is 45.2 Å². The molecule has 0 radical (unpaired) electrons. The molecule has 20 heavy (non-hydrogen) atoms. The van der Waals surface area contributed by atoms with E-state index >= 15 is 0 Å². The Hall–Kier alpha value is -0.360. The van der Waals surface area contributed by atoms with Gasteiger partial charge in [-0.05, 0) is 44.9 Å². The van der Waals surface area contributed by atoms with Crippen LogP contribution in [0.5, 0.6) is 0 Å². The predicted molar refractivity (Wildman–Crippen MR) is 82.4 cm³/mol. The third-order valence-electron chi connectivity index (χ3n) is 4.11. The third-order valence-corrected chi connectivity index (χ3v) is 4.11. The van der Waals surface area contributed by atoms with Gasteiger partial charge in [0.25, 0.3) is 0 Å².